The number of rotatable bonds is 3. The Hall–Kier alpha value is -1.52. The molecule has 2 unspecified atom stereocenters. The van der Waals surface area contributed by atoms with Gasteiger partial charge in [0.1, 0.15) is 0 Å². The number of aldehydes is 1. The standard InChI is InChI=1S/C20H24N2OS/c1-15-16(24-18(14-23)21-15)13-22-11-9-20(10-12-22)8-7-19(2)6-4-3-5-17(19)20/h3-8,14,17H,9-13H2,1-2H3. The van der Waals surface area contributed by atoms with E-state index in [2.05, 4.69) is 53.3 Å². The Labute approximate surface area is 147 Å². The van der Waals surface area contributed by atoms with Crippen molar-refractivity contribution in [2.45, 2.75) is 33.2 Å². The number of carbonyl (C=O) groups excluding carboxylic acids is 1. The van der Waals surface area contributed by atoms with E-state index in [-0.39, 0.29) is 5.41 Å². The summed E-state index contributed by atoms with van der Waals surface area (Å²) in [5.41, 5.74) is 1.53. The van der Waals surface area contributed by atoms with Crippen molar-refractivity contribution in [1.29, 1.82) is 0 Å². The van der Waals surface area contributed by atoms with Gasteiger partial charge >= 0.3 is 0 Å². The number of piperidine rings is 1. The Morgan fingerprint density at radius 3 is 2.79 bits per heavy atom. The lowest BCUT2D eigenvalue weighted by Crippen LogP contribution is -2.43. The molecule has 0 bridgehead atoms. The van der Waals surface area contributed by atoms with Crippen molar-refractivity contribution >= 4 is 17.6 Å². The molecule has 0 saturated carbocycles. The van der Waals surface area contributed by atoms with Crippen molar-refractivity contribution in [1.82, 2.24) is 9.88 Å². The van der Waals surface area contributed by atoms with Crippen molar-refractivity contribution in [2.75, 3.05) is 13.1 Å². The monoisotopic (exact) mass is 340 g/mol. The van der Waals surface area contributed by atoms with Crippen molar-refractivity contribution in [2.24, 2.45) is 16.7 Å². The Balaban J connectivity index is 1.45. The van der Waals surface area contributed by atoms with Gasteiger partial charge in [-0.15, -0.1) is 11.3 Å². The summed E-state index contributed by atoms with van der Waals surface area (Å²) in [6.07, 6.45) is 17.4. The maximum absolute atomic E-state index is 10.9. The molecular weight excluding hydrogens is 316 g/mol. The first-order valence-electron chi connectivity index (χ1n) is 8.75. The lowest BCUT2D eigenvalue weighted by molar-refractivity contribution is 0.0872. The van der Waals surface area contributed by atoms with Crippen LogP contribution in [-0.4, -0.2) is 29.3 Å². The van der Waals surface area contributed by atoms with Crippen LogP contribution < -0.4 is 0 Å². The predicted molar refractivity (Wildman–Crippen MR) is 98.2 cm³/mol. The summed E-state index contributed by atoms with van der Waals surface area (Å²) in [4.78, 5) is 19.0. The van der Waals surface area contributed by atoms with Crippen molar-refractivity contribution in [3.05, 3.63) is 52.0 Å². The molecule has 2 aliphatic carbocycles. The molecular formula is C20H24N2OS. The minimum absolute atomic E-state index is 0.198. The van der Waals surface area contributed by atoms with Gasteiger partial charge in [-0.05, 0) is 44.2 Å². The highest BCUT2D eigenvalue weighted by atomic mass is 32.1. The van der Waals surface area contributed by atoms with Gasteiger partial charge in [0.15, 0.2) is 11.3 Å². The van der Waals surface area contributed by atoms with E-state index < -0.39 is 0 Å². The van der Waals surface area contributed by atoms with Crippen LogP contribution in [0.4, 0.5) is 0 Å². The van der Waals surface area contributed by atoms with Gasteiger partial charge in [-0.1, -0.05) is 43.4 Å². The largest absolute Gasteiger partial charge is 0.298 e. The van der Waals surface area contributed by atoms with Gasteiger partial charge in [0.2, 0.25) is 0 Å². The van der Waals surface area contributed by atoms with Gasteiger partial charge in [-0.3, -0.25) is 9.69 Å². The fraction of sp³-hybridized carbons (Fsp3) is 0.500. The fourth-order valence-corrected chi connectivity index (χ4v) is 5.55. The number of nitrogens with zero attached hydrogens (tertiary/aromatic N) is 2. The number of allylic oxidation sites excluding steroid dienone is 6. The number of carbonyl (C=O) groups is 1. The van der Waals surface area contributed by atoms with Crippen LogP contribution >= 0.6 is 11.3 Å². The van der Waals surface area contributed by atoms with Crippen molar-refractivity contribution in [3.8, 4) is 0 Å². The Kier molecular flexibility index (Phi) is 3.85. The summed E-state index contributed by atoms with van der Waals surface area (Å²) >= 11 is 1.54. The summed E-state index contributed by atoms with van der Waals surface area (Å²) in [5.74, 6) is 0.601. The molecule has 3 aliphatic rings. The number of fused-ring (bicyclic) bond motifs is 2. The minimum Gasteiger partial charge on any atom is -0.298 e. The highest BCUT2D eigenvalue weighted by Crippen LogP contribution is 2.56. The molecule has 4 rings (SSSR count). The lowest BCUT2D eigenvalue weighted by Gasteiger charge is -2.45. The SMILES string of the molecule is Cc1nc(C=O)sc1CN1CCC2(C=CC3(C)C=CC=CC32)CC1. The third-order valence-corrected chi connectivity index (χ3v) is 7.17. The van der Waals surface area contributed by atoms with Crippen LogP contribution in [0.3, 0.4) is 0 Å². The van der Waals surface area contributed by atoms with E-state index in [0.717, 1.165) is 31.6 Å². The quantitative estimate of drug-likeness (QED) is 0.612. The lowest BCUT2D eigenvalue weighted by atomic mass is 9.63. The number of hydrogen-bond donors (Lipinski definition) is 0. The average molecular weight is 340 g/mol. The molecule has 1 fully saturated rings. The second-order valence-electron chi connectivity index (χ2n) is 7.61. The summed E-state index contributed by atoms with van der Waals surface area (Å²) in [6.45, 7) is 7.52. The van der Waals surface area contributed by atoms with E-state index in [1.165, 1.54) is 29.1 Å². The molecule has 2 atom stereocenters. The molecule has 126 valence electrons. The first kappa shape index (κ1) is 16.0. The number of aryl methyl sites for hydroxylation is 1. The molecule has 0 aromatic carbocycles. The van der Waals surface area contributed by atoms with Gasteiger partial charge in [0, 0.05) is 16.8 Å². The van der Waals surface area contributed by atoms with Gasteiger partial charge in [0.05, 0.1) is 5.69 Å². The summed E-state index contributed by atoms with van der Waals surface area (Å²) < 4.78 is 0. The summed E-state index contributed by atoms with van der Waals surface area (Å²) in [7, 11) is 0. The van der Waals surface area contributed by atoms with Gasteiger partial charge in [0.25, 0.3) is 0 Å². The summed E-state index contributed by atoms with van der Waals surface area (Å²) in [5, 5.41) is 0.601. The van der Waals surface area contributed by atoms with Crippen LogP contribution in [0, 0.1) is 23.7 Å². The van der Waals surface area contributed by atoms with E-state index in [1.54, 1.807) is 0 Å². The molecule has 0 N–H and O–H groups in total. The highest BCUT2D eigenvalue weighted by Gasteiger charge is 2.49. The van der Waals surface area contributed by atoms with Crippen molar-refractivity contribution < 1.29 is 4.79 Å². The third kappa shape index (κ3) is 2.52. The minimum atomic E-state index is 0.198. The maximum atomic E-state index is 10.9. The fourth-order valence-electron chi connectivity index (χ4n) is 4.62. The molecule has 4 heteroatoms. The average Bonchev–Trinajstić information content (AvgIpc) is 3.08. The zero-order chi connectivity index (χ0) is 16.8. The number of thiazole rings is 1. The molecule has 3 nitrogen and oxygen atoms in total. The third-order valence-electron chi connectivity index (χ3n) is 6.10. The zero-order valence-electron chi connectivity index (χ0n) is 14.4. The number of aromatic nitrogens is 1. The second-order valence-corrected chi connectivity index (χ2v) is 8.72. The molecule has 0 radical (unpaired) electrons. The molecule has 24 heavy (non-hydrogen) atoms. The molecule has 1 aliphatic heterocycles. The number of hydrogen-bond acceptors (Lipinski definition) is 4. The summed E-state index contributed by atoms with van der Waals surface area (Å²) in [6, 6.07) is 0. The van der Waals surface area contributed by atoms with E-state index in [9.17, 15) is 4.79 Å². The molecule has 1 aromatic heterocycles. The second kappa shape index (κ2) is 5.78. The van der Waals surface area contributed by atoms with E-state index in [0.29, 0.717) is 16.3 Å². The van der Waals surface area contributed by atoms with E-state index in [4.69, 9.17) is 0 Å². The van der Waals surface area contributed by atoms with Crippen LogP contribution in [0.2, 0.25) is 0 Å². The molecule has 1 spiro atoms. The van der Waals surface area contributed by atoms with Gasteiger partial charge < -0.3 is 0 Å². The highest BCUT2D eigenvalue weighted by molar-refractivity contribution is 7.13. The van der Waals surface area contributed by atoms with E-state index in [1.807, 2.05) is 6.92 Å². The Morgan fingerprint density at radius 1 is 1.29 bits per heavy atom. The van der Waals surface area contributed by atoms with Crippen LogP contribution in [0.5, 0.6) is 0 Å². The topological polar surface area (TPSA) is 33.2 Å². The predicted octanol–water partition coefficient (Wildman–Crippen LogP) is 4.16. The normalized spacial score (nSPS) is 30.8. The van der Waals surface area contributed by atoms with Gasteiger partial charge in [-0.25, -0.2) is 4.98 Å². The maximum Gasteiger partial charge on any atom is 0.178 e. The first-order valence-corrected chi connectivity index (χ1v) is 9.57. The number of likely N-dealkylation sites (tertiary alicyclic amines) is 1. The molecule has 0 amide bonds. The first-order chi connectivity index (χ1) is 11.5. The van der Waals surface area contributed by atoms with Crippen molar-refractivity contribution in [3.63, 3.8) is 0 Å². The molecule has 1 aromatic rings. The van der Waals surface area contributed by atoms with Crippen LogP contribution in [0.25, 0.3) is 0 Å². The van der Waals surface area contributed by atoms with Gasteiger partial charge in [-0.2, -0.15) is 0 Å². The van der Waals surface area contributed by atoms with Crippen LogP contribution in [0.15, 0.2) is 36.5 Å². The zero-order valence-corrected chi connectivity index (χ0v) is 15.2. The van der Waals surface area contributed by atoms with Crippen LogP contribution in [-0.2, 0) is 6.54 Å². The molecule has 2 heterocycles. The Morgan fingerprint density at radius 2 is 2.08 bits per heavy atom. The Bertz CT molecular complexity index is 737. The molecule has 1 saturated heterocycles. The smallest absolute Gasteiger partial charge is 0.178 e. The van der Waals surface area contributed by atoms with E-state index >= 15 is 0 Å². The van der Waals surface area contributed by atoms with Crippen LogP contribution in [0.1, 0.15) is 40.1 Å².